The van der Waals surface area contributed by atoms with Gasteiger partial charge in [0, 0.05) is 35.9 Å². The molecule has 7 nitrogen and oxygen atoms in total. The molecule has 162 valence electrons. The van der Waals surface area contributed by atoms with E-state index in [1.807, 2.05) is 0 Å². The van der Waals surface area contributed by atoms with Crippen molar-refractivity contribution in [1.29, 1.82) is 0 Å². The SMILES string of the molecule is CC(O)(CCN1CCC(c2nsc3cc(F)ccc23)CC1)CC(=CC(=O)O)C(=O)O. The Kier molecular flexibility index (Phi) is 6.84. The Labute approximate surface area is 177 Å². The van der Waals surface area contributed by atoms with Gasteiger partial charge < -0.3 is 20.2 Å². The van der Waals surface area contributed by atoms with Gasteiger partial charge >= 0.3 is 11.9 Å². The Morgan fingerprint density at radius 3 is 2.67 bits per heavy atom. The second-order valence-corrected chi connectivity index (χ2v) is 8.87. The molecule has 1 fully saturated rings. The van der Waals surface area contributed by atoms with Gasteiger partial charge in [-0.15, -0.1) is 0 Å². The van der Waals surface area contributed by atoms with Gasteiger partial charge in [-0.1, -0.05) is 0 Å². The summed E-state index contributed by atoms with van der Waals surface area (Å²) in [6, 6.07) is 4.76. The van der Waals surface area contributed by atoms with Crippen molar-refractivity contribution in [2.24, 2.45) is 0 Å². The van der Waals surface area contributed by atoms with E-state index in [2.05, 4.69) is 9.27 Å². The third kappa shape index (κ3) is 5.62. The molecule has 1 aromatic heterocycles. The van der Waals surface area contributed by atoms with E-state index in [0.29, 0.717) is 25.0 Å². The van der Waals surface area contributed by atoms with E-state index in [1.165, 1.54) is 30.6 Å². The Bertz CT molecular complexity index is 963. The van der Waals surface area contributed by atoms with Gasteiger partial charge in [-0.25, -0.2) is 14.0 Å². The number of halogens is 1. The van der Waals surface area contributed by atoms with Gasteiger partial charge in [0.25, 0.3) is 0 Å². The average molecular weight is 437 g/mol. The number of aromatic nitrogens is 1. The lowest BCUT2D eigenvalue weighted by Gasteiger charge is -2.33. The van der Waals surface area contributed by atoms with Gasteiger partial charge in [-0.2, -0.15) is 4.37 Å². The van der Waals surface area contributed by atoms with Crippen molar-refractivity contribution < 1.29 is 29.3 Å². The molecular formula is C21H25FN2O5S. The first kappa shape index (κ1) is 22.3. The summed E-state index contributed by atoms with van der Waals surface area (Å²) < 4.78 is 18.8. The fourth-order valence-corrected chi connectivity index (χ4v) is 4.77. The first-order valence-corrected chi connectivity index (χ1v) is 10.6. The highest BCUT2D eigenvalue weighted by molar-refractivity contribution is 7.13. The van der Waals surface area contributed by atoms with E-state index in [4.69, 9.17) is 10.2 Å². The highest BCUT2D eigenvalue weighted by Crippen LogP contribution is 2.35. The molecule has 0 spiro atoms. The Morgan fingerprint density at radius 1 is 1.33 bits per heavy atom. The number of carbonyl (C=O) groups is 2. The fourth-order valence-electron chi connectivity index (χ4n) is 3.89. The molecule has 2 aromatic rings. The predicted octanol–water partition coefficient (Wildman–Crippen LogP) is 3.24. The average Bonchev–Trinajstić information content (AvgIpc) is 3.08. The van der Waals surface area contributed by atoms with Crippen LogP contribution in [0.2, 0.25) is 0 Å². The molecule has 1 unspecified atom stereocenters. The van der Waals surface area contributed by atoms with Crippen molar-refractivity contribution in [2.45, 2.75) is 44.1 Å². The smallest absolute Gasteiger partial charge is 0.331 e. The molecule has 1 aliphatic heterocycles. The number of aliphatic carboxylic acids is 2. The molecule has 1 aliphatic rings. The van der Waals surface area contributed by atoms with E-state index in [9.17, 15) is 19.1 Å². The number of likely N-dealkylation sites (tertiary alicyclic amines) is 1. The first-order valence-electron chi connectivity index (χ1n) is 9.81. The number of rotatable bonds is 8. The minimum atomic E-state index is -1.34. The van der Waals surface area contributed by atoms with Crippen LogP contribution in [0.15, 0.2) is 29.8 Å². The molecule has 0 saturated carbocycles. The van der Waals surface area contributed by atoms with Crippen LogP contribution in [0.5, 0.6) is 0 Å². The van der Waals surface area contributed by atoms with Gasteiger partial charge in [-0.3, -0.25) is 0 Å². The molecule has 3 rings (SSSR count). The predicted molar refractivity (Wildman–Crippen MR) is 111 cm³/mol. The molecule has 1 saturated heterocycles. The number of fused-ring (bicyclic) bond motifs is 1. The fraction of sp³-hybridized carbons (Fsp3) is 0.476. The largest absolute Gasteiger partial charge is 0.478 e. The number of carboxylic acid groups (broad SMARTS) is 2. The van der Waals surface area contributed by atoms with Crippen LogP contribution in [0, 0.1) is 5.82 Å². The molecule has 0 bridgehead atoms. The lowest BCUT2D eigenvalue weighted by molar-refractivity contribution is -0.135. The molecule has 30 heavy (non-hydrogen) atoms. The number of nitrogens with zero attached hydrogens (tertiary/aromatic N) is 2. The minimum absolute atomic E-state index is 0.230. The zero-order valence-corrected chi connectivity index (χ0v) is 17.5. The van der Waals surface area contributed by atoms with Crippen molar-refractivity contribution in [2.75, 3.05) is 19.6 Å². The Hall–Kier alpha value is -2.36. The summed E-state index contributed by atoms with van der Waals surface area (Å²) in [5.74, 6) is -2.64. The van der Waals surface area contributed by atoms with Crippen LogP contribution >= 0.6 is 11.5 Å². The summed E-state index contributed by atoms with van der Waals surface area (Å²) in [6.07, 6.45) is 2.54. The summed E-state index contributed by atoms with van der Waals surface area (Å²) in [7, 11) is 0. The van der Waals surface area contributed by atoms with Crippen LogP contribution in [0.4, 0.5) is 4.39 Å². The zero-order valence-electron chi connectivity index (χ0n) is 16.7. The normalized spacial score (nSPS) is 18.4. The monoisotopic (exact) mass is 436 g/mol. The van der Waals surface area contributed by atoms with Gasteiger partial charge in [0.15, 0.2) is 0 Å². The molecule has 0 aliphatic carbocycles. The van der Waals surface area contributed by atoms with E-state index in [0.717, 1.165) is 41.7 Å². The highest BCUT2D eigenvalue weighted by Gasteiger charge is 2.29. The summed E-state index contributed by atoms with van der Waals surface area (Å²) in [5.41, 5.74) is -0.615. The third-order valence-corrected chi connectivity index (χ3v) is 6.37. The molecule has 0 amide bonds. The van der Waals surface area contributed by atoms with Gasteiger partial charge in [0.05, 0.1) is 16.0 Å². The first-order chi connectivity index (χ1) is 14.1. The second-order valence-electron chi connectivity index (χ2n) is 8.06. The maximum atomic E-state index is 13.4. The van der Waals surface area contributed by atoms with Crippen LogP contribution in [-0.2, 0) is 9.59 Å². The van der Waals surface area contributed by atoms with Crippen molar-refractivity contribution in [3.63, 3.8) is 0 Å². The molecule has 0 radical (unpaired) electrons. The van der Waals surface area contributed by atoms with Crippen molar-refractivity contribution in [3.05, 3.63) is 41.4 Å². The van der Waals surface area contributed by atoms with Crippen molar-refractivity contribution in [1.82, 2.24) is 9.27 Å². The molecule has 9 heteroatoms. The Balaban J connectivity index is 1.54. The Morgan fingerprint density at radius 2 is 2.03 bits per heavy atom. The van der Waals surface area contributed by atoms with Gasteiger partial charge in [0.1, 0.15) is 5.82 Å². The zero-order chi connectivity index (χ0) is 21.9. The summed E-state index contributed by atoms with van der Waals surface area (Å²) in [5, 5.41) is 29.5. The lowest BCUT2D eigenvalue weighted by atomic mass is 9.90. The topological polar surface area (TPSA) is 111 Å². The summed E-state index contributed by atoms with van der Waals surface area (Å²) >= 11 is 1.32. The molecule has 3 N–H and O–H groups in total. The number of piperidine rings is 1. The van der Waals surface area contributed by atoms with Crippen LogP contribution in [-0.4, -0.2) is 61.8 Å². The number of aliphatic hydroxyl groups is 1. The molecule has 2 heterocycles. The van der Waals surface area contributed by atoms with Crippen LogP contribution < -0.4 is 0 Å². The summed E-state index contributed by atoms with van der Waals surface area (Å²) in [4.78, 5) is 24.2. The van der Waals surface area contributed by atoms with E-state index in [1.54, 1.807) is 6.07 Å². The third-order valence-electron chi connectivity index (χ3n) is 5.55. The van der Waals surface area contributed by atoms with E-state index in [-0.39, 0.29) is 17.8 Å². The molecular weight excluding hydrogens is 411 g/mol. The lowest BCUT2D eigenvalue weighted by Crippen LogP contribution is -2.38. The van der Waals surface area contributed by atoms with Crippen molar-refractivity contribution >= 4 is 33.6 Å². The van der Waals surface area contributed by atoms with Crippen LogP contribution in [0.1, 0.15) is 44.2 Å². The number of hydrogen-bond donors (Lipinski definition) is 3. The van der Waals surface area contributed by atoms with E-state index >= 15 is 0 Å². The minimum Gasteiger partial charge on any atom is -0.478 e. The maximum absolute atomic E-state index is 13.4. The second kappa shape index (κ2) is 9.20. The molecule has 1 atom stereocenters. The van der Waals surface area contributed by atoms with Gasteiger partial charge in [0.2, 0.25) is 0 Å². The van der Waals surface area contributed by atoms with Gasteiger partial charge in [-0.05, 0) is 69.0 Å². The number of hydrogen-bond acceptors (Lipinski definition) is 6. The van der Waals surface area contributed by atoms with E-state index < -0.39 is 17.5 Å². The molecule has 1 aromatic carbocycles. The highest BCUT2D eigenvalue weighted by atomic mass is 32.1. The quantitative estimate of drug-likeness (QED) is 0.545. The standard InChI is InChI=1S/C21H25FN2O5S/c1-21(29,12-14(20(27)28)10-18(25)26)6-9-24-7-4-13(5-8-24)19-16-3-2-15(22)11-17(16)30-23-19/h2-3,10-11,13,29H,4-9,12H2,1H3,(H,25,26)(H,27,28). The van der Waals surface area contributed by atoms with Crippen LogP contribution in [0.25, 0.3) is 10.1 Å². The van der Waals surface area contributed by atoms with Crippen molar-refractivity contribution in [3.8, 4) is 0 Å². The van der Waals surface area contributed by atoms with Crippen LogP contribution in [0.3, 0.4) is 0 Å². The summed E-state index contributed by atoms with van der Waals surface area (Å²) in [6.45, 7) is 3.75. The number of benzene rings is 1. The maximum Gasteiger partial charge on any atom is 0.331 e. The number of carboxylic acids is 2.